The van der Waals surface area contributed by atoms with E-state index >= 15 is 0 Å². The monoisotopic (exact) mass is 483 g/mol. The van der Waals surface area contributed by atoms with Crippen LogP contribution in [0, 0.1) is 12.4 Å². The highest BCUT2D eigenvalue weighted by molar-refractivity contribution is 9.10. The van der Waals surface area contributed by atoms with Crippen LogP contribution in [0.3, 0.4) is 0 Å². The summed E-state index contributed by atoms with van der Waals surface area (Å²) in [6, 6.07) is 2.92. The van der Waals surface area contributed by atoms with Crippen LogP contribution in [-0.2, 0) is 4.74 Å². The van der Waals surface area contributed by atoms with E-state index in [1.54, 1.807) is 37.8 Å². The van der Waals surface area contributed by atoms with Crippen molar-refractivity contribution < 1.29 is 13.9 Å². The van der Waals surface area contributed by atoms with Crippen LogP contribution in [0.15, 0.2) is 16.6 Å². The number of nitrogens with zero attached hydrogens (tertiary/aromatic N) is 5. The number of ether oxygens (including phenoxy) is 1. The lowest BCUT2D eigenvalue weighted by Gasteiger charge is -2.40. The summed E-state index contributed by atoms with van der Waals surface area (Å²) in [4.78, 5) is 27.8. The molecule has 0 N–H and O–H groups in total. The number of halogens is 3. The quantitative estimate of drug-likeness (QED) is 0.463. The highest BCUT2D eigenvalue weighted by atomic mass is 79.9. The van der Waals surface area contributed by atoms with Gasteiger partial charge in [0.25, 0.3) is 0 Å². The molecule has 1 aromatic heterocycles. The van der Waals surface area contributed by atoms with Crippen molar-refractivity contribution >= 4 is 50.3 Å². The van der Waals surface area contributed by atoms with Crippen LogP contribution in [0.5, 0.6) is 0 Å². The molecule has 0 unspecified atom stereocenters. The number of piperazine rings is 1. The van der Waals surface area contributed by atoms with Crippen molar-refractivity contribution in [1.29, 1.82) is 0 Å². The number of rotatable bonds is 2. The fourth-order valence-electron chi connectivity index (χ4n) is 3.21. The fraction of sp³-hybridized carbons (Fsp3) is 0.474. The first-order chi connectivity index (χ1) is 13.6. The van der Waals surface area contributed by atoms with Crippen LogP contribution >= 0.6 is 27.5 Å². The van der Waals surface area contributed by atoms with Gasteiger partial charge in [-0.3, -0.25) is 4.90 Å². The molecule has 29 heavy (non-hydrogen) atoms. The van der Waals surface area contributed by atoms with E-state index in [1.165, 1.54) is 0 Å². The van der Waals surface area contributed by atoms with E-state index in [0.29, 0.717) is 30.8 Å². The van der Waals surface area contributed by atoms with E-state index in [9.17, 15) is 9.18 Å². The molecule has 0 spiro atoms. The Balaban J connectivity index is 1.93. The average molecular weight is 485 g/mol. The Morgan fingerprint density at radius 3 is 2.79 bits per heavy atom. The summed E-state index contributed by atoms with van der Waals surface area (Å²) in [7, 11) is 0. The Morgan fingerprint density at radius 1 is 1.41 bits per heavy atom. The standard InChI is InChI=1S/C19H20BrClFN5O2/c1-19(2,3)29-18(28)27-8-7-26(10-11(27)9-23-4)16-12-5-6-13(20)14(22)15(12)24-17(21)25-16/h5-6,11H,7-10H2,1-3H3/t11-/m0/s1. The van der Waals surface area contributed by atoms with E-state index in [0.717, 1.165) is 0 Å². The Labute approximate surface area is 181 Å². The molecule has 1 saturated heterocycles. The number of amides is 1. The smallest absolute Gasteiger partial charge is 0.410 e. The minimum Gasteiger partial charge on any atom is -0.444 e. The van der Waals surface area contributed by atoms with Gasteiger partial charge in [0.1, 0.15) is 23.0 Å². The number of carbonyl (C=O) groups excluding carboxylic acids is 1. The number of hydrogen-bond donors (Lipinski definition) is 0. The highest BCUT2D eigenvalue weighted by Gasteiger charge is 2.36. The Hall–Kier alpha value is -2.18. The van der Waals surface area contributed by atoms with Gasteiger partial charge in [-0.05, 0) is 60.4 Å². The predicted molar refractivity (Wildman–Crippen MR) is 113 cm³/mol. The van der Waals surface area contributed by atoms with Crippen molar-refractivity contribution in [1.82, 2.24) is 14.9 Å². The van der Waals surface area contributed by atoms with Crippen molar-refractivity contribution in [3.8, 4) is 0 Å². The van der Waals surface area contributed by atoms with Crippen molar-refractivity contribution in [3.05, 3.63) is 39.1 Å². The number of aromatic nitrogens is 2. The molecule has 1 aliphatic rings. The molecule has 1 atom stereocenters. The third-order valence-corrected chi connectivity index (χ3v) is 5.21. The summed E-state index contributed by atoms with van der Waals surface area (Å²) in [6.45, 7) is 13.9. The maximum Gasteiger partial charge on any atom is 0.410 e. The summed E-state index contributed by atoms with van der Waals surface area (Å²) in [5.41, 5.74) is -0.510. The first-order valence-corrected chi connectivity index (χ1v) is 10.2. The minimum atomic E-state index is -0.627. The van der Waals surface area contributed by atoms with Gasteiger partial charge in [-0.2, -0.15) is 4.98 Å². The zero-order valence-electron chi connectivity index (χ0n) is 16.2. The van der Waals surface area contributed by atoms with Gasteiger partial charge in [0.2, 0.25) is 11.8 Å². The van der Waals surface area contributed by atoms with E-state index in [1.807, 2.05) is 4.90 Å². The lowest BCUT2D eigenvalue weighted by molar-refractivity contribution is 0.0156. The molecule has 3 rings (SSSR count). The van der Waals surface area contributed by atoms with Gasteiger partial charge in [-0.1, -0.05) is 0 Å². The molecule has 1 aromatic carbocycles. The molecule has 10 heteroatoms. The Bertz CT molecular complexity index is 991. The van der Waals surface area contributed by atoms with Crippen LogP contribution in [-0.4, -0.2) is 58.8 Å². The first-order valence-electron chi connectivity index (χ1n) is 8.99. The van der Waals surface area contributed by atoms with Crippen molar-refractivity contribution in [2.45, 2.75) is 32.4 Å². The topological polar surface area (TPSA) is 62.9 Å². The predicted octanol–water partition coefficient (Wildman–Crippen LogP) is 4.53. The third-order valence-electron chi connectivity index (χ3n) is 4.42. The van der Waals surface area contributed by atoms with Crippen molar-refractivity contribution in [2.75, 3.05) is 31.1 Å². The molecular formula is C19H20BrClFN5O2. The average Bonchev–Trinajstić information content (AvgIpc) is 2.63. The van der Waals surface area contributed by atoms with Gasteiger partial charge < -0.3 is 14.5 Å². The van der Waals surface area contributed by atoms with Crippen LogP contribution in [0.1, 0.15) is 20.8 Å². The van der Waals surface area contributed by atoms with Gasteiger partial charge >= 0.3 is 6.09 Å². The number of anilines is 1. The molecule has 2 aromatic rings. The molecular weight excluding hydrogens is 465 g/mol. The molecule has 1 aliphatic heterocycles. The second-order valence-electron chi connectivity index (χ2n) is 7.69. The molecule has 2 heterocycles. The lowest BCUT2D eigenvalue weighted by atomic mass is 10.1. The van der Waals surface area contributed by atoms with Gasteiger partial charge in [-0.15, -0.1) is 0 Å². The second-order valence-corrected chi connectivity index (χ2v) is 8.88. The van der Waals surface area contributed by atoms with Crippen molar-refractivity contribution in [3.63, 3.8) is 0 Å². The molecule has 1 amide bonds. The lowest BCUT2D eigenvalue weighted by Crippen LogP contribution is -2.57. The number of benzene rings is 1. The molecule has 0 radical (unpaired) electrons. The normalized spacial score (nSPS) is 17.3. The zero-order valence-corrected chi connectivity index (χ0v) is 18.6. The molecule has 7 nitrogen and oxygen atoms in total. The zero-order chi connectivity index (χ0) is 21.3. The minimum absolute atomic E-state index is 0.0687. The van der Waals surface area contributed by atoms with E-state index in [-0.39, 0.29) is 27.9 Å². The molecule has 1 fully saturated rings. The summed E-state index contributed by atoms with van der Waals surface area (Å²) in [5, 5.41) is 0.447. The molecule has 0 aliphatic carbocycles. The molecule has 0 bridgehead atoms. The Kier molecular flexibility index (Phi) is 6.15. The number of carbonyl (C=O) groups is 1. The second kappa shape index (κ2) is 8.28. The maximum absolute atomic E-state index is 14.5. The number of hydrogen-bond acceptors (Lipinski definition) is 5. The van der Waals surface area contributed by atoms with Gasteiger partial charge in [0, 0.05) is 25.0 Å². The van der Waals surface area contributed by atoms with Crippen LogP contribution in [0.25, 0.3) is 15.7 Å². The fourth-order valence-corrected chi connectivity index (χ4v) is 3.69. The van der Waals surface area contributed by atoms with E-state index in [2.05, 4.69) is 30.7 Å². The molecule has 154 valence electrons. The van der Waals surface area contributed by atoms with Gasteiger partial charge in [0.05, 0.1) is 4.47 Å². The SMILES string of the molecule is [C-]#[N+]C[C@H]1CN(c2nc(Cl)nc3c(F)c(Br)ccc23)CCN1C(=O)OC(C)(C)C. The summed E-state index contributed by atoms with van der Waals surface area (Å²) < 4.78 is 20.3. The largest absolute Gasteiger partial charge is 0.444 e. The maximum atomic E-state index is 14.5. The van der Waals surface area contributed by atoms with Crippen LogP contribution in [0.2, 0.25) is 5.28 Å². The van der Waals surface area contributed by atoms with Crippen LogP contribution < -0.4 is 4.90 Å². The summed E-state index contributed by atoms with van der Waals surface area (Å²) >= 11 is 9.21. The third kappa shape index (κ3) is 4.70. The molecule has 0 saturated carbocycles. The van der Waals surface area contributed by atoms with E-state index in [4.69, 9.17) is 22.9 Å². The van der Waals surface area contributed by atoms with Gasteiger partial charge in [0.15, 0.2) is 5.82 Å². The van der Waals surface area contributed by atoms with E-state index < -0.39 is 17.5 Å². The van der Waals surface area contributed by atoms with Gasteiger partial charge in [-0.25, -0.2) is 20.7 Å². The summed E-state index contributed by atoms with van der Waals surface area (Å²) in [5.74, 6) is -0.0385. The summed E-state index contributed by atoms with van der Waals surface area (Å²) in [6.07, 6.45) is -0.452. The first kappa shape index (κ1) is 21.5. The highest BCUT2D eigenvalue weighted by Crippen LogP contribution is 2.32. The van der Waals surface area contributed by atoms with Crippen LogP contribution in [0.4, 0.5) is 15.0 Å². The van der Waals surface area contributed by atoms with Crippen molar-refractivity contribution in [2.24, 2.45) is 0 Å². The number of fused-ring (bicyclic) bond motifs is 1. The Morgan fingerprint density at radius 2 is 2.14 bits per heavy atom.